The second-order valence-electron chi connectivity index (χ2n) is 4.97. The first-order chi connectivity index (χ1) is 10.3. The Bertz CT molecular complexity index is 577. The van der Waals surface area contributed by atoms with Crippen molar-refractivity contribution in [2.75, 3.05) is 26.2 Å². The largest absolute Gasteiger partial charge is 0.461 e. The van der Waals surface area contributed by atoms with Crippen molar-refractivity contribution < 1.29 is 13.7 Å². The zero-order valence-corrected chi connectivity index (χ0v) is 13.0. The quantitative estimate of drug-likeness (QED) is 0.916. The van der Waals surface area contributed by atoms with Gasteiger partial charge in [-0.25, -0.2) is 0 Å². The molecule has 1 fully saturated rings. The highest BCUT2D eigenvalue weighted by Gasteiger charge is 2.17. The summed E-state index contributed by atoms with van der Waals surface area (Å²) < 4.78 is 10.3. The first-order valence-electron chi connectivity index (χ1n) is 7.18. The van der Waals surface area contributed by atoms with Crippen LogP contribution in [0.15, 0.2) is 27.3 Å². The van der Waals surface area contributed by atoms with Crippen LogP contribution in [0.4, 0.5) is 0 Å². The van der Waals surface area contributed by atoms with E-state index in [4.69, 9.17) is 8.94 Å². The number of carbonyl (C=O) groups is 1. The fraction of sp³-hybridized carbons (Fsp3) is 0.500. The molecule has 1 aliphatic rings. The zero-order valence-electron chi connectivity index (χ0n) is 12.2. The lowest BCUT2D eigenvalue weighted by molar-refractivity contribution is -0.131. The van der Waals surface area contributed by atoms with E-state index in [0.717, 1.165) is 32.6 Å². The van der Waals surface area contributed by atoms with Crippen molar-refractivity contribution in [3.8, 4) is 11.6 Å². The Morgan fingerprint density at radius 1 is 1.36 bits per heavy atom. The summed E-state index contributed by atoms with van der Waals surface area (Å²) in [5.74, 6) is 1.58. The second kappa shape index (κ2) is 7.95. The van der Waals surface area contributed by atoms with Crippen LogP contribution in [0.5, 0.6) is 0 Å². The number of hydrogen-bond donors (Lipinski definition) is 1. The number of aryl methyl sites for hydroxylation is 1. The van der Waals surface area contributed by atoms with Gasteiger partial charge in [0.15, 0.2) is 5.76 Å². The SMILES string of the molecule is Cl.O=C(CCc1nc(-c2ccco2)no1)N1CCCNCC1. The van der Waals surface area contributed by atoms with E-state index in [-0.39, 0.29) is 18.3 Å². The summed E-state index contributed by atoms with van der Waals surface area (Å²) in [5, 5.41) is 7.13. The fourth-order valence-electron chi connectivity index (χ4n) is 2.33. The molecule has 0 aliphatic carbocycles. The van der Waals surface area contributed by atoms with E-state index in [1.54, 1.807) is 18.4 Å². The number of carbonyl (C=O) groups excluding carboxylic acids is 1. The molecule has 0 saturated carbocycles. The first-order valence-corrected chi connectivity index (χ1v) is 7.18. The van der Waals surface area contributed by atoms with E-state index in [1.807, 2.05) is 4.90 Å². The first kappa shape index (κ1) is 16.5. The Morgan fingerprint density at radius 2 is 2.27 bits per heavy atom. The molecule has 3 rings (SSSR count). The van der Waals surface area contributed by atoms with Crippen LogP contribution in [-0.4, -0.2) is 47.1 Å². The molecule has 3 heterocycles. The number of amides is 1. The number of halogens is 1. The molecular formula is C14H19ClN4O3. The number of hydrogen-bond acceptors (Lipinski definition) is 6. The zero-order chi connectivity index (χ0) is 14.5. The molecule has 2 aromatic rings. The Kier molecular flexibility index (Phi) is 5.97. The highest BCUT2D eigenvalue weighted by Crippen LogP contribution is 2.16. The molecule has 0 atom stereocenters. The topological polar surface area (TPSA) is 84.4 Å². The molecule has 2 aromatic heterocycles. The van der Waals surface area contributed by atoms with Gasteiger partial charge in [0.2, 0.25) is 17.6 Å². The molecule has 7 nitrogen and oxygen atoms in total. The van der Waals surface area contributed by atoms with Crippen molar-refractivity contribution in [3.63, 3.8) is 0 Å². The summed E-state index contributed by atoms with van der Waals surface area (Å²) in [7, 11) is 0. The normalized spacial score (nSPS) is 15.2. The van der Waals surface area contributed by atoms with Crippen molar-refractivity contribution in [2.24, 2.45) is 0 Å². The molecule has 0 bridgehead atoms. The van der Waals surface area contributed by atoms with Gasteiger partial charge in [-0.15, -0.1) is 12.4 Å². The Labute approximate surface area is 134 Å². The van der Waals surface area contributed by atoms with Gasteiger partial charge in [-0.05, 0) is 25.1 Å². The van der Waals surface area contributed by atoms with Crippen LogP contribution in [0.25, 0.3) is 11.6 Å². The number of rotatable bonds is 4. The maximum absolute atomic E-state index is 12.1. The van der Waals surface area contributed by atoms with Crippen LogP contribution >= 0.6 is 12.4 Å². The average Bonchev–Trinajstić information content (AvgIpc) is 3.11. The van der Waals surface area contributed by atoms with Crippen LogP contribution in [0.3, 0.4) is 0 Å². The molecule has 0 spiro atoms. The highest BCUT2D eigenvalue weighted by molar-refractivity contribution is 5.85. The molecule has 1 amide bonds. The molecular weight excluding hydrogens is 308 g/mol. The Balaban J connectivity index is 0.00000176. The minimum Gasteiger partial charge on any atom is -0.461 e. The van der Waals surface area contributed by atoms with Crippen molar-refractivity contribution in [1.29, 1.82) is 0 Å². The maximum Gasteiger partial charge on any atom is 0.238 e. The summed E-state index contributed by atoms with van der Waals surface area (Å²) in [5.41, 5.74) is 0. The van der Waals surface area contributed by atoms with E-state index in [0.29, 0.717) is 30.3 Å². The third-order valence-corrected chi connectivity index (χ3v) is 3.46. The van der Waals surface area contributed by atoms with Gasteiger partial charge in [-0.2, -0.15) is 4.98 Å². The highest BCUT2D eigenvalue weighted by atomic mass is 35.5. The standard InChI is InChI=1S/C14H18N4O3.ClH/c19-13(18-8-2-6-15-7-9-18)5-4-12-16-14(17-21-12)11-3-1-10-20-11;/h1,3,10,15H,2,4-9H2;1H. The van der Waals surface area contributed by atoms with E-state index < -0.39 is 0 Å². The molecule has 0 aromatic carbocycles. The summed E-state index contributed by atoms with van der Waals surface area (Å²) in [4.78, 5) is 18.3. The maximum atomic E-state index is 12.1. The molecule has 8 heteroatoms. The van der Waals surface area contributed by atoms with E-state index in [1.165, 1.54) is 0 Å². The minimum atomic E-state index is 0. The van der Waals surface area contributed by atoms with Gasteiger partial charge in [0.1, 0.15) is 0 Å². The lowest BCUT2D eigenvalue weighted by Crippen LogP contribution is -2.34. The van der Waals surface area contributed by atoms with Crippen molar-refractivity contribution in [1.82, 2.24) is 20.4 Å². The van der Waals surface area contributed by atoms with Gasteiger partial charge < -0.3 is 19.2 Å². The molecule has 120 valence electrons. The monoisotopic (exact) mass is 326 g/mol. The predicted molar refractivity (Wildman–Crippen MR) is 81.6 cm³/mol. The Morgan fingerprint density at radius 3 is 3.09 bits per heavy atom. The summed E-state index contributed by atoms with van der Waals surface area (Å²) in [6, 6.07) is 3.53. The van der Waals surface area contributed by atoms with Gasteiger partial charge in [-0.1, -0.05) is 5.16 Å². The van der Waals surface area contributed by atoms with Crippen LogP contribution in [0.1, 0.15) is 18.7 Å². The smallest absolute Gasteiger partial charge is 0.238 e. The number of nitrogens with zero attached hydrogens (tertiary/aromatic N) is 3. The lowest BCUT2D eigenvalue weighted by Gasteiger charge is -2.19. The molecule has 1 saturated heterocycles. The predicted octanol–water partition coefficient (Wildman–Crippen LogP) is 1.51. The van der Waals surface area contributed by atoms with Crippen LogP contribution in [0, 0.1) is 0 Å². The molecule has 0 unspecified atom stereocenters. The third kappa shape index (κ3) is 4.08. The van der Waals surface area contributed by atoms with E-state index in [9.17, 15) is 4.79 Å². The van der Waals surface area contributed by atoms with Crippen molar-refractivity contribution in [3.05, 3.63) is 24.3 Å². The minimum absolute atomic E-state index is 0. The summed E-state index contributed by atoms with van der Waals surface area (Å²) in [6.45, 7) is 3.41. The number of nitrogens with one attached hydrogen (secondary N) is 1. The van der Waals surface area contributed by atoms with E-state index >= 15 is 0 Å². The fourth-order valence-corrected chi connectivity index (χ4v) is 2.33. The van der Waals surface area contributed by atoms with Gasteiger partial charge >= 0.3 is 0 Å². The molecule has 1 N–H and O–H groups in total. The van der Waals surface area contributed by atoms with Gasteiger partial charge in [0.05, 0.1) is 6.26 Å². The average molecular weight is 327 g/mol. The number of furan rings is 1. The van der Waals surface area contributed by atoms with Gasteiger partial charge in [0, 0.05) is 32.5 Å². The Hall–Kier alpha value is -1.86. The van der Waals surface area contributed by atoms with Crippen LogP contribution in [0.2, 0.25) is 0 Å². The summed E-state index contributed by atoms with van der Waals surface area (Å²) in [6.07, 6.45) is 3.40. The third-order valence-electron chi connectivity index (χ3n) is 3.46. The lowest BCUT2D eigenvalue weighted by atomic mass is 10.2. The second-order valence-corrected chi connectivity index (χ2v) is 4.97. The van der Waals surface area contributed by atoms with Gasteiger partial charge in [0.25, 0.3) is 0 Å². The van der Waals surface area contributed by atoms with Crippen LogP contribution in [-0.2, 0) is 11.2 Å². The molecule has 0 radical (unpaired) electrons. The number of aromatic nitrogens is 2. The summed E-state index contributed by atoms with van der Waals surface area (Å²) >= 11 is 0. The molecule has 1 aliphatic heterocycles. The van der Waals surface area contributed by atoms with E-state index in [2.05, 4.69) is 15.5 Å². The van der Waals surface area contributed by atoms with Crippen molar-refractivity contribution >= 4 is 18.3 Å². The van der Waals surface area contributed by atoms with Crippen LogP contribution < -0.4 is 5.32 Å². The van der Waals surface area contributed by atoms with Gasteiger partial charge in [-0.3, -0.25) is 4.79 Å². The molecule has 22 heavy (non-hydrogen) atoms. The van der Waals surface area contributed by atoms with Crippen molar-refractivity contribution in [2.45, 2.75) is 19.3 Å².